The fourth-order valence-electron chi connectivity index (χ4n) is 4.21. The third-order valence-corrected chi connectivity index (χ3v) is 5.77. The summed E-state index contributed by atoms with van der Waals surface area (Å²) in [6, 6.07) is 18.6. The molecule has 0 aliphatic heterocycles. The number of carbonyl (C=O) groups is 1. The Hall–Kier alpha value is -2.77. The first-order chi connectivity index (χ1) is 12.9. The van der Waals surface area contributed by atoms with Gasteiger partial charge in [0.25, 0.3) is 0 Å². The van der Waals surface area contributed by atoms with Gasteiger partial charge in [-0.25, -0.2) is 0 Å². The monoisotopic (exact) mass is 381 g/mol. The molecule has 1 fully saturated rings. The molecule has 5 heteroatoms. The maximum atomic E-state index is 12.3. The van der Waals surface area contributed by atoms with Crippen molar-refractivity contribution in [2.45, 2.75) is 19.8 Å². The smallest absolute Gasteiger partial charge is 0.312 e. The van der Waals surface area contributed by atoms with E-state index in [2.05, 4.69) is 6.07 Å². The van der Waals surface area contributed by atoms with Crippen molar-refractivity contribution in [2.75, 3.05) is 0 Å². The molecule has 2 aromatic carbocycles. The maximum Gasteiger partial charge on any atom is 0.312 e. The number of carboxylic acids is 1. The van der Waals surface area contributed by atoms with Crippen molar-refractivity contribution in [1.82, 2.24) is 0 Å². The van der Waals surface area contributed by atoms with Crippen LogP contribution in [-0.2, 0) is 4.79 Å². The van der Waals surface area contributed by atoms with Crippen LogP contribution >= 0.6 is 11.6 Å². The van der Waals surface area contributed by atoms with Crippen LogP contribution < -0.4 is 4.74 Å². The van der Waals surface area contributed by atoms with Crippen molar-refractivity contribution in [3.05, 3.63) is 71.8 Å². The number of aliphatic carboxylic acids is 1. The van der Waals surface area contributed by atoms with Gasteiger partial charge in [0.05, 0.1) is 12.0 Å². The fraction of sp³-hybridized carbons (Fsp3) is 0.273. The Morgan fingerprint density at radius 2 is 1.89 bits per heavy atom. The van der Waals surface area contributed by atoms with Crippen LogP contribution in [0.3, 0.4) is 0 Å². The van der Waals surface area contributed by atoms with Crippen LogP contribution in [0.4, 0.5) is 0 Å². The molecule has 4 nitrogen and oxygen atoms in total. The van der Waals surface area contributed by atoms with Crippen LogP contribution in [0, 0.1) is 28.1 Å². The lowest BCUT2D eigenvalue weighted by molar-refractivity contribution is -0.145. The van der Waals surface area contributed by atoms with Gasteiger partial charge >= 0.3 is 5.97 Å². The topological polar surface area (TPSA) is 70.3 Å². The second kappa shape index (κ2) is 7.09. The summed E-state index contributed by atoms with van der Waals surface area (Å²) < 4.78 is 5.84. The van der Waals surface area contributed by atoms with Gasteiger partial charge in [-0.05, 0) is 35.2 Å². The molecule has 1 saturated carbocycles. The number of rotatable bonds is 6. The number of ether oxygens (including phenoxy) is 1. The number of carboxylic acid groups (broad SMARTS) is 1. The zero-order chi connectivity index (χ0) is 19.7. The molecule has 1 N–H and O–H groups in total. The minimum absolute atomic E-state index is 0.330. The third kappa shape index (κ3) is 2.98. The van der Waals surface area contributed by atoms with E-state index >= 15 is 0 Å². The SMILES string of the molecule is CC1(C)C(/C=C/Cl)C1(C(=O)O)C(C#N)c1cccc(Oc2ccccc2)c1. The Kier molecular flexibility index (Phi) is 4.99. The fourth-order valence-corrected chi connectivity index (χ4v) is 4.35. The molecule has 3 unspecified atom stereocenters. The number of hydrogen-bond acceptors (Lipinski definition) is 3. The quantitative estimate of drug-likeness (QED) is 0.710. The number of allylic oxidation sites excluding steroid dienone is 1. The zero-order valence-electron chi connectivity index (χ0n) is 15.1. The first kappa shape index (κ1) is 19.0. The Labute approximate surface area is 163 Å². The summed E-state index contributed by atoms with van der Waals surface area (Å²) in [4.78, 5) is 12.3. The number of benzene rings is 2. The van der Waals surface area contributed by atoms with Crippen LogP contribution in [-0.4, -0.2) is 11.1 Å². The van der Waals surface area contributed by atoms with Gasteiger partial charge in [-0.3, -0.25) is 4.79 Å². The van der Waals surface area contributed by atoms with Crippen LogP contribution in [0.2, 0.25) is 0 Å². The second-order valence-electron chi connectivity index (χ2n) is 7.24. The standard InChI is InChI=1S/C22H20ClNO3/c1-21(2)19(11-12-23)22(21,20(25)26)18(14-24)15-7-6-10-17(13-15)27-16-8-4-3-5-9-16/h3-13,18-19H,1-2H3,(H,25,26)/b12-11+. The van der Waals surface area contributed by atoms with Crippen LogP contribution in [0.25, 0.3) is 0 Å². The number of nitrogens with zero attached hydrogens (tertiary/aromatic N) is 1. The molecule has 3 rings (SSSR count). The summed E-state index contributed by atoms with van der Waals surface area (Å²) in [5.41, 5.74) is 0.117. The highest BCUT2D eigenvalue weighted by atomic mass is 35.5. The molecule has 27 heavy (non-hydrogen) atoms. The number of halogens is 1. The van der Waals surface area contributed by atoms with Gasteiger partial charge in [0.1, 0.15) is 16.9 Å². The highest BCUT2D eigenvalue weighted by molar-refractivity contribution is 6.25. The van der Waals surface area contributed by atoms with E-state index in [0.29, 0.717) is 17.1 Å². The Bertz CT molecular complexity index is 917. The van der Waals surface area contributed by atoms with Gasteiger partial charge in [-0.1, -0.05) is 61.9 Å². The maximum absolute atomic E-state index is 12.3. The lowest BCUT2D eigenvalue weighted by Gasteiger charge is -2.22. The van der Waals surface area contributed by atoms with Crippen LogP contribution in [0.1, 0.15) is 25.3 Å². The van der Waals surface area contributed by atoms with Gasteiger partial charge in [0.2, 0.25) is 0 Å². The predicted octanol–water partition coefficient (Wildman–Crippen LogP) is 5.57. The van der Waals surface area contributed by atoms with E-state index < -0.39 is 22.7 Å². The van der Waals surface area contributed by atoms with Crippen molar-refractivity contribution in [1.29, 1.82) is 5.26 Å². The average molecular weight is 382 g/mol. The van der Waals surface area contributed by atoms with E-state index in [4.69, 9.17) is 16.3 Å². The second-order valence-corrected chi connectivity index (χ2v) is 7.49. The van der Waals surface area contributed by atoms with Crippen molar-refractivity contribution in [3.8, 4) is 17.6 Å². The molecule has 138 valence electrons. The molecule has 2 aromatic rings. The van der Waals surface area contributed by atoms with Gasteiger partial charge in [-0.15, -0.1) is 0 Å². The molecular weight excluding hydrogens is 362 g/mol. The summed E-state index contributed by atoms with van der Waals surface area (Å²) in [7, 11) is 0. The summed E-state index contributed by atoms with van der Waals surface area (Å²) in [6.45, 7) is 3.72. The van der Waals surface area contributed by atoms with E-state index in [0.717, 1.165) is 0 Å². The van der Waals surface area contributed by atoms with E-state index in [1.165, 1.54) is 5.54 Å². The molecule has 0 amide bonds. The Morgan fingerprint density at radius 1 is 1.22 bits per heavy atom. The molecule has 1 aliphatic carbocycles. The van der Waals surface area contributed by atoms with E-state index in [1.807, 2.05) is 44.2 Å². The largest absolute Gasteiger partial charge is 0.481 e. The minimum atomic E-state index is -1.24. The lowest BCUT2D eigenvalue weighted by Crippen LogP contribution is -2.28. The van der Waals surface area contributed by atoms with Gasteiger partial charge in [0, 0.05) is 11.5 Å². The molecule has 0 heterocycles. The van der Waals surface area contributed by atoms with Gasteiger partial charge in [0.15, 0.2) is 0 Å². The Morgan fingerprint density at radius 3 is 2.48 bits per heavy atom. The molecule has 0 radical (unpaired) electrons. The summed E-state index contributed by atoms with van der Waals surface area (Å²) in [5, 5.41) is 19.9. The summed E-state index contributed by atoms with van der Waals surface area (Å²) in [6.07, 6.45) is 1.67. The number of nitriles is 1. The van der Waals surface area contributed by atoms with Crippen LogP contribution in [0.5, 0.6) is 11.5 Å². The molecular formula is C22H20ClNO3. The molecule has 0 saturated heterocycles. The molecule has 3 atom stereocenters. The number of para-hydroxylation sites is 1. The molecule has 1 aliphatic rings. The van der Waals surface area contributed by atoms with Crippen molar-refractivity contribution < 1.29 is 14.6 Å². The van der Waals surface area contributed by atoms with E-state index in [1.54, 1.807) is 30.3 Å². The minimum Gasteiger partial charge on any atom is -0.481 e. The molecule has 0 spiro atoms. The first-order valence-corrected chi connectivity index (χ1v) is 9.06. The first-order valence-electron chi connectivity index (χ1n) is 8.62. The lowest BCUT2D eigenvalue weighted by atomic mass is 9.78. The van der Waals surface area contributed by atoms with Crippen molar-refractivity contribution in [2.24, 2.45) is 16.7 Å². The van der Waals surface area contributed by atoms with E-state index in [-0.39, 0.29) is 5.92 Å². The summed E-state index contributed by atoms with van der Waals surface area (Å²) in [5.74, 6) is -0.924. The highest BCUT2D eigenvalue weighted by Gasteiger charge is 2.78. The average Bonchev–Trinajstić information content (AvgIpc) is 3.13. The third-order valence-electron chi connectivity index (χ3n) is 5.62. The van der Waals surface area contributed by atoms with E-state index in [9.17, 15) is 15.2 Å². The normalized spacial score (nSPS) is 24.1. The Balaban J connectivity index is 2.00. The van der Waals surface area contributed by atoms with Gasteiger partial charge in [-0.2, -0.15) is 5.26 Å². The molecule has 0 bridgehead atoms. The van der Waals surface area contributed by atoms with Crippen molar-refractivity contribution >= 4 is 17.6 Å². The van der Waals surface area contributed by atoms with Crippen LogP contribution in [0.15, 0.2) is 66.2 Å². The molecule has 0 aromatic heterocycles. The predicted molar refractivity (Wildman–Crippen MR) is 104 cm³/mol. The highest BCUT2D eigenvalue weighted by Crippen LogP contribution is 2.75. The summed E-state index contributed by atoms with van der Waals surface area (Å²) >= 11 is 5.73. The van der Waals surface area contributed by atoms with Crippen molar-refractivity contribution in [3.63, 3.8) is 0 Å². The van der Waals surface area contributed by atoms with Gasteiger partial charge < -0.3 is 9.84 Å². The zero-order valence-corrected chi connectivity index (χ0v) is 15.9. The number of hydrogen-bond donors (Lipinski definition) is 1.